The van der Waals surface area contributed by atoms with Gasteiger partial charge in [0.15, 0.2) is 5.58 Å². The lowest BCUT2D eigenvalue weighted by Gasteiger charge is -2.47. The van der Waals surface area contributed by atoms with Gasteiger partial charge in [-0.3, -0.25) is 4.79 Å². The van der Waals surface area contributed by atoms with Crippen molar-refractivity contribution in [1.29, 1.82) is 0 Å². The standard InChI is InChI=1S/C18H24N2O3/c1-13(7-10-21)18(8-4-9-18)12-19-17(22)11-15-14-5-2-3-6-16(14)23-20-15/h2-3,5-6,13,21H,4,7-12H2,1H3,(H,19,22)/t13-/m0/s1. The molecule has 2 N–H and O–H groups in total. The highest BCUT2D eigenvalue weighted by Gasteiger charge is 2.41. The summed E-state index contributed by atoms with van der Waals surface area (Å²) in [6.45, 7) is 3.07. The van der Waals surface area contributed by atoms with E-state index in [4.69, 9.17) is 9.63 Å². The summed E-state index contributed by atoms with van der Waals surface area (Å²) in [5.41, 5.74) is 1.55. The SMILES string of the molecule is C[C@@H](CCO)C1(CNC(=O)Cc2noc3ccccc23)CCC1. The second-order valence-corrected chi connectivity index (χ2v) is 6.71. The van der Waals surface area contributed by atoms with E-state index in [1.165, 1.54) is 6.42 Å². The minimum absolute atomic E-state index is 0.0217. The number of amides is 1. The molecule has 0 unspecified atom stereocenters. The van der Waals surface area contributed by atoms with Crippen LogP contribution in [0, 0.1) is 11.3 Å². The molecule has 0 bridgehead atoms. The predicted octanol–water partition coefficient (Wildman–Crippen LogP) is 2.68. The maximum Gasteiger partial charge on any atom is 0.226 e. The van der Waals surface area contributed by atoms with Gasteiger partial charge in [-0.15, -0.1) is 0 Å². The van der Waals surface area contributed by atoms with Gasteiger partial charge < -0.3 is 14.9 Å². The summed E-state index contributed by atoms with van der Waals surface area (Å²) in [4.78, 5) is 12.3. The molecular weight excluding hydrogens is 292 g/mol. The zero-order valence-electron chi connectivity index (χ0n) is 13.5. The Bertz CT molecular complexity index is 676. The van der Waals surface area contributed by atoms with Gasteiger partial charge in [0, 0.05) is 18.5 Å². The highest BCUT2D eigenvalue weighted by molar-refractivity contribution is 5.86. The second-order valence-electron chi connectivity index (χ2n) is 6.71. The lowest BCUT2D eigenvalue weighted by Crippen LogP contribution is -2.46. The number of rotatable bonds is 7. The lowest BCUT2D eigenvalue weighted by atomic mass is 9.60. The van der Waals surface area contributed by atoms with Crippen LogP contribution in [0.5, 0.6) is 0 Å². The van der Waals surface area contributed by atoms with Crippen molar-refractivity contribution in [2.75, 3.05) is 13.2 Å². The molecule has 1 atom stereocenters. The fourth-order valence-corrected chi connectivity index (χ4v) is 3.53. The molecule has 1 aromatic carbocycles. The van der Waals surface area contributed by atoms with Crippen LogP contribution in [-0.4, -0.2) is 29.3 Å². The minimum atomic E-state index is -0.0217. The van der Waals surface area contributed by atoms with E-state index in [0.717, 1.165) is 24.6 Å². The summed E-state index contributed by atoms with van der Waals surface area (Å²) < 4.78 is 5.24. The molecule has 1 aliphatic rings. The first-order valence-electron chi connectivity index (χ1n) is 8.35. The van der Waals surface area contributed by atoms with Crippen LogP contribution in [0.3, 0.4) is 0 Å². The third-order valence-corrected chi connectivity index (χ3v) is 5.37. The molecule has 23 heavy (non-hydrogen) atoms. The van der Waals surface area contributed by atoms with Crippen molar-refractivity contribution in [3.05, 3.63) is 30.0 Å². The van der Waals surface area contributed by atoms with Crippen LogP contribution < -0.4 is 5.32 Å². The number of fused-ring (bicyclic) bond motifs is 1. The molecule has 5 nitrogen and oxygen atoms in total. The van der Waals surface area contributed by atoms with E-state index in [2.05, 4.69) is 17.4 Å². The van der Waals surface area contributed by atoms with Crippen molar-refractivity contribution in [1.82, 2.24) is 10.5 Å². The van der Waals surface area contributed by atoms with Gasteiger partial charge in [0.25, 0.3) is 0 Å². The minimum Gasteiger partial charge on any atom is -0.396 e. The Hall–Kier alpha value is -1.88. The average Bonchev–Trinajstić information content (AvgIpc) is 2.90. The van der Waals surface area contributed by atoms with Gasteiger partial charge in [-0.2, -0.15) is 0 Å². The Morgan fingerprint density at radius 3 is 2.91 bits per heavy atom. The molecule has 5 heteroatoms. The summed E-state index contributed by atoms with van der Waals surface area (Å²) in [5, 5.41) is 17.1. The van der Waals surface area contributed by atoms with Gasteiger partial charge in [-0.05, 0) is 42.7 Å². The Balaban J connectivity index is 1.59. The summed E-state index contributed by atoms with van der Waals surface area (Å²) in [6, 6.07) is 7.58. The number of carbonyl (C=O) groups is 1. The number of nitrogens with zero attached hydrogens (tertiary/aromatic N) is 1. The van der Waals surface area contributed by atoms with E-state index >= 15 is 0 Å². The normalized spacial score (nSPS) is 17.7. The fraction of sp³-hybridized carbons (Fsp3) is 0.556. The number of aliphatic hydroxyl groups excluding tert-OH is 1. The third-order valence-electron chi connectivity index (χ3n) is 5.37. The van der Waals surface area contributed by atoms with Crippen LogP contribution in [0.25, 0.3) is 11.0 Å². The van der Waals surface area contributed by atoms with Crippen LogP contribution >= 0.6 is 0 Å². The van der Waals surface area contributed by atoms with Crippen molar-refractivity contribution >= 4 is 16.9 Å². The first-order chi connectivity index (χ1) is 11.1. The average molecular weight is 316 g/mol. The van der Waals surface area contributed by atoms with Crippen molar-refractivity contribution in [2.45, 2.75) is 39.0 Å². The summed E-state index contributed by atoms with van der Waals surface area (Å²) in [7, 11) is 0. The van der Waals surface area contributed by atoms with E-state index in [9.17, 15) is 4.79 Å². The third kappa shape index (κ3) is 3.24. The van der Waals surface area contributed by atoms with E-state index in [0.29, 0.717) is 23.7 Å². The number of para-hydroxylation sites is 1. The zero-order chi connectivity index (χ0) is 16.3. The second kappa shape index (κ2) is 6.71. The first kappa shape index (κ1) is 16.0. The summed E-state index contributed by atoms with van der Waals surface area (Å²) >= 11 is 0. The molecule has 0 aliphatic heterocycles. The Labute approximate surface area is 136 Å². The molecule has 2 aromatic rings. The largest absolute Gasteiger partial charge is 0.396 e. The maximum atomic E-state index is 12.3. The van der Waals surface area contributed by atoms with Crippen molar-refractivity contribution in [3.8, 4) is 0 Å². The molecule has 1 fully saturated rings. The van der Waals surface area contributed by atoms with E-state index in [1.54, 1.807) is 0 Å². The molecule has 3 rings (SSSR count). The van der Waals surface area contributed by atoms with Crippen molar-refractivity contribution < 1.29 is 14.4 Å². The number of benzene rings is 1. The lowest BCUT2D eigenvalue weighted by molar-refractivity contribution is -0.121. The van der Waals surface area contributed by atoms with Crippen LogP contribution in [0.4, 0.5) is 0 Å². The summed E-state index contributed by atoms with van der Waals surface area (Å²) in [5.74, 6) is 0.404. The molecule has 124 valence electrons. The quantitative estimate of drug-likeness (QED) is 0.823. The van der Waals surface area contributed by atoms with E-state index in [1.807, 2.05) is 24.3 Å². The van der Waals surface area contributed by atoms with Crippen LogP contribution in [-0.2, 0) is 11.2 Å². The highest BCUT2D eigenvalue weighted by atomic mass is 16.5. The maximum absolute atomic E-state index is 12.3. The predicted molar refractivity (Wildman–Crippen MR) is 87.9 cm³/mol. The Morgan fingerprint density at radius 2 is 2.22 bits per heavy atom. The van der Waals surface area contributed by atoms with Gasteiger partial charge in [0.1, 0.15) is 5.69 Å². The molecular formula is C18H24N2O3. The van der Waals surface area contributed by atoms with Gasteiger partial charge in [-0.1, -0.05) is 30.6 Å². The first-order valence-corrected chi connectivity index (χ1v) is 8.35. The number of hydrogen-bond donors (Lipinski definition) is 2. The Kier molecular flexibility index (Phi) is 4.66. The van der Waals surface area contributed by atoms with Crippen LogP contribution in [0.15, 0.2) is 28.8 Å². The number of aliphatic hydroxyl groups is 1. The van der Waals surface area contributed by atoms with Crippen LogP contribution in [0.1, 0.15) is 38.3 Å². The number of nitrogens with one attached hydrogen (secondary N) is 1. The van der Waals surface area contributed by atoms with Crippen molar-refractivity contribution in [2.24, 2.45) is 11.3 Å². The molecule has 1 aliphatic carbocycles. The number of aromatic nitrogens is 1. The van der Waals surface area contributed by atoms with E-state index < -0.39 is 0 Å². The van der Waals surface area contributed by atoms with E-state index in [-0.39, 0.29) is 24.3 Å². The molecule has 1 amide bonds. The molecule has 1 saturated carbocycles. The fourth-order valence-electron chi connectivity index (χ4n) is 3.53. The van der Waals surface area contributed by atoms with Gasteiger partial charge in [0.05, 0.1) is 6.42 Å². The number of carbonyl (C=O) groups excluding carboxylic acids is 1. The monoisotopic (exact) mass is 316 g/mol. The van der Waals surface area contributed by atoms with Crippen molar-refractivity contribution in [3.63, 3.8) is 0 Å². The summed E-state index contributed by atoms with van der Waals surface area (Å²) in [6.07, 6.45) is 4.49. The zero-order valence-corrected chi connectivity index (χ0v) is 13.5. The molecule has 0 saturated heterocycles. The van der Waals surface area contributed by atoms with Gasteiger partial charge >= 0.3 is 0 Å². The molecule has 1 heterocycles. The topological polar surface area (TPSA) is 75.4 Å². The van der Waals surface area contributed by atoms with Gasteiger partial charge in [-0.25, -0.2) is 0 Å². The van der Waals surface area contributed by atoms with Gasteiger partial charge in [0.2, 0.25) is 5.91 Å². The Morgan fingerprint density at radius 1 is 1.43 bits per heavy atom. The number of hydrogen-bond acceptors (Lipinski definition) is 4. The smallest absolute Gasteiger partial charge is 0.226 e. The molecule has 1 aromatic heterocycles. The molecule has 0 radical (unpaired) electrons. The molecule has 0 spiro atoms. The highest BCUT2D eigenvalue weighted by Crippen LogP contribution is 2.47. The van der Waals surface area contributed by atoms with Crippen LogP contribution in [0.2, 0.25) is 0 Å².